The van der Waals surface area contributed by atoms with Gasteiger partial charge in [-0.1, -0.05) is 19.8 Å². The molecule has 0 aliphatic carbocycles. The van der Waals surface area contributed by atoms with E-state index < -0.39 is 5.54 Å². The highest BCUT2D eigenvalue weighted by Gasteiger charge is 2.30. The lowest BCUT2D eigenvalue weighted by atomic mass is 9.94. The quantitative estimate of drug-likeness (QED) is 0.691. The molecule has 0 bridgehead atoms. The average Bonchev–Trinajstić information content (AvgIpc) is 2.47. The summed E-state index contributed by atoms with van der Waals surface area (Å²) in [6, 6.07) is 0.159. The number of aliphatic hydroxyl groups is 1. The molecule has 1 heterocycles. The van der Waals surface area contributed by atoms with E-state index in [-0.39, 0.29) is 31.2 Å². The Morgan fingerprint density at radius 3 is 2.70 bits per heavy atom. The number of ether oxygens (including phenoxy) is 1. The maximum atomic E-state index is 12.2. The van der Waals surface area contributed by atoms with Crippen LogP contribution in [0.25, 0.3) is 0 Å². The summed E-state index contributed by atoms with van der Waals surface area (Å²) in [5.41, 5.74) is -0.553. The Kier molecular flexibility index (Phi) is 6.47. The second-order valence-corrected chi connectivity index (χ2v) is 5.40. The molecule has 0 aromatic heterocycles. The number of terminal acetylenes is 1. The monoisotopic (exact) mass is 282 g/mol. The van der Waals surface area contributed by atoms with Crippen LogP contribution in [0.4, 0.5) is 0 Å². The molecule has 114 valence electrons. The Bertz CT molecular complexity index is 361. The zero-order chi connectivity index (χ0) is 15.2. The van der Waals surface area contributed by atoms with E-state index in [4.69, 9.17) is 16.3 Å². The first-order valence-electron chi connectivity index (χ1n) is 7.25. The third-order valence-electron chi connectivity index (χ3n) is 4.05. The number of nitrogens with one attached hydrogen (secondary N) is 1. The van der Waals surface area contributed by atoms with Crippen LogP contribution in [0, 0.1) is 12.3 Å². The highest BCUT2D eigenvalue weighted by atomic mass is 16.5. The van der Waals surface area contributed by atoms with E-state index in [0.717, 1.165) is 0 Å². The summed E-state index contributed by atoms with van der Waals surface area (Å²) >= 11 is 0. The van der Waals surface area contributed by atoms with E-state index in [1.54, 1.807) is 0 Å². The van der Waals surface area contributed by atoms with Crippen molar-refractivity contribution in [3.8, 4) is 12.3 Å². The zero-order valence-electron chi connectivity index (χ0n) is 12.7. The second-order valence-electron chi connectivity index (χ2n) is 5.40. The molecular weight excluding hydrogens is 256 g/mol. The Balaban J connectivity index is 2.59. The molecule has 0 aromatic rings. The smallest absolute Gasteiger partial charge is 0.235 e. The number of amides is 1. The Morgan fingerprint density at radius 1 is 1.55 bits per heavy atom. The van der Waals surface area contributed by atoms with Crippen molar-refractivity contribution in [2.75, 3.05) is 26.3 Å². The van der Waals surface area contributed by atoms with Gasteiger partial charge in [-0.05, 0) is 19.8 Å². The Hall–Kier alpha value is -1.09. The van der Waals surface area contributed by atoms with Gasteiger partial charge in [0.25, 0.3) is 0 Å². The Labute approximate surface area is 121 Å². The normalized spacial score (nSPS) is 24.1. The highest BCUT2D eigenvalue weighted by Crippen LogP contribution is 2.15. The number of aliphatic hydroxyl groups excluding tert-OH is 1. The first-order valence-corrected chi connectivity index (χ1v) is 7.25. The molecule has 0 aromatic carbocycles. The largest absolute Gasteiger partial charge is 0.394 e. The summed E-state index contributed by atoms with van der Waals surface area (Å²) in [4.78, 5) is 14.2. The van der Waals surface area contributed by atoms with Crippen LogP contribution in [-0.2, 0) is 9.53 Å². The molecule has 0 spiro atoms. The SMILES string of the molecule is C#CC(CC)(CC)NC(=O)CN1CC(CO)OCC1C. The lowest BCUT2D eigenvalue weighted by Crippen LogP contribution is -2.55. The molecule has 1 aliphatic rings. The van der Waals surface area contributed by atoms with Gasteiger partial charge in [0, 0.05) is 12.6 Å². The van der Waals surface area contributed by atoms with Crippen LogP contribution in [0.1, 0.15) is 33.6 Å². The predicted molar refractivity (Wildman–Crippen MR) is 78.1 cm³/mol. The maximum Gasteiger partial charge on any atom is 0.235 e. The molecule has 1 amide bonds. The molecule has 5 nitrogen and oxygen atoms in total. The van der Waals surface area contributed by atoms with Crippen LogP contribution in [0.5, 0.6) is 0 Å². The molecule has 2 unspecified atom stereocenters. The van der Waals surface area contributed by atoms with E-state index in [1.807, 2.05) is 25.7 Å². The highest BCUT2D eigenvalue weighted by molar-refractivity contribution is 5.79. The molecule has 2 atom stereocenters. The van der Waals surface area contributed by atoms with Gasteiger partial charge < -0.3 is 15.2 Å². The number of rotatable bonds is 6. The number of hydrogen-bond donors (Lipinski definition) is 2. The first-order chi connectivity index (χ1) is 9.50. The van der Waals surface area contributed by atoms with E-state index >= 15 is 0 Å². The predicted octanol–water partition coefficient (Wildman–Crippen LogP) is 0.376. The summed E-state index contributed by atoms with van der Waals surface area (Å²) in [7, 11) is 0. The van der Waals surface area contributed by atoms with Crippen molar-refractivity contribution in [1.29, 1.82) is 0 Å². The van der Waals surface area contributed by atoms with Gasteiger partial charge in [-0.2, -0.15) is 0 Å². The minimum atomic E-state index is -0.553. The van der Waals surface area contributed by atoms with Crippen molar-refractivity contribution in [3.63, 3.8) is 0 Å². The summed E-state index contributed by atoms with van der Waals surface area (Å²) in [6.07, 6.45) is 6.76. The van der Waals surface area contributed by atoms with Crippen molar-refractivity contribution in [1.82, 2.24) is 10.2 Å². The lowest BCUT2D eigenvalue weighted by molar-refractivity contribution is -0.129. The number of carbonyl (C=O) groups is 1. The third-order valence-corrected chi connectivity index (χ3v) is 4.05. The van der Waals surface area contributed by atoms with E-state index in [0.29, 0.717) is 26.0 Å². The fourth-order valence-corrected chi connectivity index (χ4v) is 2.36. The van der Waals surface area contributed by atoms with Gasteiger partial charge in [0.1, 0.15) is 5.54 Å². The van der Waals surface area contributed by atoms with Crippen molar-refractivity contribution >= 4 is 5.91 Å². The maximum absolute atomic E-state index is 12.2. The number of nitrogens with zero attached hydrogens (tertiary/aromatic N) is 1. The van der Waals surface area contributed by atoms with E-state index in [1.165, 1.54) is 0 Å². The molecule has 20 heavy (non-hydrogen) atoms. The third kappa shape index (κ3) is 4.20. The summed E-state index contributed by atoms with van der Waals surface area (Å²) in [6.45, 7) is 7.31. The van der Waals surface area contributed by atoms with Crippen molar-refractivity contribution in [2.45, 2.75) is 51.3 Å². The molecule has 1 aliphatic heterocycles. The van der Waals surface area contributed by atoms with Crippen LogP contribution in [0.15, 0.2) is 0 Å². The minimum Gasteiger partial charge on any atom is -0.394 e. The topological polar surface area (TPSA) is 61.8 Å². The van der Waals surface area contributed by atoms with Crippen molar-refractivity contribution in [2.24, 2.45) is 0 Å². The summed E-state index contributed by atoms with van der Waals surface area (Å²) in [5.74, 6) is 2.63. The summed E-state index contributed by atoms with van der Waals surface area (Å²) in [5, 5.41) is 12.1. The summed E-state index contributed by atoms with van der Waals surface area (Å²) < 4.78 is 5.46. The number of hydrogen-bond acceptors (Lipinski definition) is 4. The van der Waals surface area contributed by atoms with Crippen LogP contribution in [0.2, 0.25) is 0 Å². The van der Waals surface area contributed by atoms with Gasteiger partial charge in [0.05, 0.1) is 25.9 Å². The molecule has 1 fully saturated rings. The molecule has 0 saturated carbocycles. The van der Waals surface area contributed by atoms with Gasteiger partial charge in [-0.25, -0.2) is 0 Å². The molecule has 1 rings (SSSR count). The van der Waals surface area contributed by atoms with Crippen LogP contribution in [-0.4, -0.2) is 59.9 Å². The van der Waals surface area contributed by atoms with Gasteiger partial charge in [0.2, 0.25) is 5.91 Å². The average molecular weight is 282 g/mol. The molecule has 5 heteroatoms. The fourth-order valence-electron chi connectivity index (χ4n) is 2.36. The lowest BCUT2D eigenvalue weighted by Gasteiger charge is -2.37. The van der Waals surface area contributed by atoms with Crippen molar-refractivity contribution in [3.05, 3.63) is 0 Å². The molecule has 2 N–H and O–H groups in total. The van der Waals surface area contributed by atoms with Gasteiger partial charge in [-0.15, -0.1) is 6.42 Å². The minimum absolute atomic E-state index is 0.0247. The van der Waals surface area contributed by atoms with Crippen LogP contribution >= 0.6 is 0 Å². The Morgan fingerprint density at radius 2 is 2.20 bits per heavy atom. The standard InChI is InChI=1S/C15H26N2O3/c1-5-15(6-2,7-3)16-14(19)9-17-8-13(10-18)20-11-12(17)4/h1,12-13,18H,6-11H2,2-4H3,(H,16,19). The molecule has 0 radical (unpaired) electrons. The first kappa shape index (κ1) is 17.0. The molecule has 1 saturated heterocycles. The van der Waals surface area contributed by atoms with E-state index in [9.17, 15) is 4.79 Å². The fraction of sp³-hybridized carbons (Fsp3) is 0.800. The van der Waals surface area contributed by atoms with Gasteiger partial charge >= 0.3 is 0 Å². The number of carbonyl (C=O) groups excluding carboxylic acids is 1. The molecular formula is C15H26N2O3. The van der Waals surface area contributed by atoms with Crippen LogP contribution in [0.3, 0.4) is 0 Å². The van der Waals surface area contributed by atoms with Crippen LogP contribution < -0.4 is 5.32 Å². The zero-order valence-corrected chi connectivity index (χ0v) is 12.7. The number of morpholine rings is 1. The van der Waals surface area contributed by atoms with Gasteiger partial charge in [-0.3, -0.25) is 9.69 Å². The second kappa shape index (κ2) is 7.63. The van der Waals surface area contributed by atoms with Gasteiger partial charge in [0.15, 0.2) is 0 Å². The van der Waals surface area contributed by atoms with E-state index in [2.05, 4.69) is 11.2 Å². The van der Waals surface area contributed by atoms with Crippen molar-refractivity contribution < 1.29 is 14.6 Å².